The minimum atomic E-state index is -0.345. The number of hydrogen-bond donors (Lipinski definition) is 2. The molecule has 0 atom stereocenters. The molecule has 0 unspecified atom stereocenters. The van der Waals surface area contributed by atoms with E-state index >= 15 is 0 Å². The largest absolute Gasteiger partial charge is 0.347 e. The number of hydrogen-bond acceptors (Lipinski definition) is 3. The SMILES string of the molecule is CCCCCCCCCCCCCC(=O)NCC(=O)N/N=C/c1ccc(Cl)cc1. The second-order valence-electron chi connectivity index (χ2n) is 7.41. The molecule has 0 saturated carbocycles. The average molecular weight is 422 g/mol. The Morgan fingerprint density at radius 1 is 0.862 bits per heavy atom. The lowest BCUT2D eigenvalue weighted by Crippen LogP contribution is -2.34. The van der Waals surface area contributed by atoms with Gasteiger partial charge in [-0.05, 0) is 24.1 Å². The Labute approximate surface area is 180 Å². The number of rotatable bonds is 16. The van der Waals surface area contributed by atoms with Crippen LogP contribution < -0.4 is 10.7 Å². The first-order valence-electron chi connectivity index (χ1n) is 11.0. The molecule has 5 nitrogen and oxygen atoms in total. The molecule has 0 aliphatic rings. The normalized spacial score (nSPS) is 11.0. The van der Waals surface area contributed by atoms with Crippen LogP contribution in [0.25, 0.3) is 0 Å². The van der Waals surface area contributed by atoms with Gasteiger partial charge in [0.05, 0.1) is 12.8 Å². The topological polar surface area (TPSA) is 70.6 Å². The predicted molar refractivity (Wildman–Crippen MR) is 121 cm³/mol. The maximum absolute atomic E-state index is 11.8. The zero-order valence-corrected chi connectivity index (χ0v) is 18.5. The maximum Gasteiger partial charge on any atom is 0.259 e. The van der Waals surface area contributed by atoms with Gasteiger partial charge in [0.2, 0.25) is 5.91 Å². The standard InChI is InChI=1S/C23H36ClN3O2/c1-2-3-4-5-6-7-8-9-10-11-12-13-22(28)25-19-23(29)27-26-18-20-14-16-21(24)17-15-20/h14-18H,2-13,19H2,1H3,(H,25,28)(H,27,29)/b26-18+. The fourth-order valence-electron chi connectivity index (χ4n) is 2.98. The third kappa shape index (κ3) is 14.7. The van der Waals surface area contributed by atoms with Gasteiger partial charge < -0.3 is 5.32 Å². The first-order chi connectivity index (χ1) is 14.1. The smallest absolute Gasteiger partial charge is 0.259 e. The predicted octanol–water partition coefficient (Wildman–Crippen LogP) is 5.61. The molecule has 6 heteroatoms. The van der Waals surface area contributed by atoms with E-state index in [9.17, 15) is 9.59 Å². The summed E-state index contributed by atoms with van der Waals surface area (Å²) in [5.41, 5.74) is 3.22. The van der Waals surface area contributed by atoms with Gasteiger partial charge in [0.1, 0.15) is 0 Å². The second kappa shape index (κ2) is 17.0. The molecule has 2 N–H and O–H groups in total. The summed E-state index contributed by atoms with van der Waals surface area (Å²) in [5.74, 6) is -0.430. The Morgan fingerprint density at radius 3 is 2.00 bits per heavy atom. The highest BCUT2D eigenvalue weighted by Gasteiger charge is 2.04. The van der Waals surface area contributed by atoms with Crippen LogP contribution in [0.15, 0.2) is 29.4 Å². The van der Waals surface area contributed by atoms with Crippen LogP contribution in [-0.4, -0.2) is 24.6 Å². The molecule has 0 bridgehead atoms. The molecule has 29 heavy (non-hydrogen) atoms. The Kier molecular flexibility index (Phi) is 14.8. The van der Waals surface area contributed by atoms with E-state index in [1.165, 1.54) is 64.0 Å². The number of halogens is 1. The van der Waals surface area contributed by atoms with Crippen LogP contribution in [0.3, 0.4) is 0 Å². The highest BCUT2D eigenvalue weighted by molar-refractivity contribution is 6.30. The lowest BCUT2D eigenvalue weighted by atomic mass is 10.1. The fraction of sp³-hybridized carbons (Fsp3) is 0.609. The molecule has 0 aliphatic heterocycles. The average Bonchev–Trinajstić information content (AvgIpc) is 2.72. The van der Waals surface area contributed by atoms with Crippen molar-refractivity contribution in [1.82, 2.24) is 10.7 Å². The first-order valence-corrected chi connectivity index (χ1v) is 11.3. The van der Waals surface area contributed by atoms with E-state index in [1.807, 2.05) is 0 Å². The van der Waals surface area contributed by atoms with Crippen LogP contribution in [0.2, 0.25) is 5.02 Å². The monoisotopic (exact) mass is 421 g/mol. The molecule has 0 aromatic heterocycles. The lowest BCUT2D eigenvalue weighted by Gasteiger charge is -2.05. The van der Waals surface area contributed by atoms with E-state index in [2.05, 4.69) is 22.8 Å². The maximum atomic E-state index is 11.8. The molecule has 162 valence electrons. The number of benzene rings is 1. The Hall–Kier alpha value is -1.88. The highest BCUT2D eigenvalue weighted by Crippen LogP contribution is 2.12. The van der Waals surface area contributed by atoms with Crippen LogP contribution in [0, 0.1) is 0 Å². The van der Waals surface area contributed by atoms with Crippen molar-refractivity contribution >= 4 is 29.6 Å². The first kappa shape index (κ1) is 25.2. The van der Waals surface area contributed by atoms with Crippen molar-refractivity contribution in [1.29, 1.82) is 0 Å². The van der Waals surface area contributed by atoms with Crippen LogP contribution in [-0.2, 0) is 9.59 Å². The van der Waals surface area contributed by atoms with E-state index in [0.29, 0.717) is 11.4 Å². The summed E-state index contributed by atoms with van der Waals surface area (Å²) in [6, 6.07) is 7.10. The molecule has 0 radical (unpaired) electrons. The van der Waals surface area contributed by atoms with Gasteiger partial charge in [-0.3, -0.25) is 9.59 Å². The Morgan fingerprint density at radius 2 is 1.41 bits per heavy atom. The number of carbonyl (C=O) groups excluding carboxylic acids is 2. The van der Waals surface area contributed by atoms with Crippen molar-refractivity contribution in [3.05, 3.63) is 34.9 Å². The van der Waals surface area contributed by atoms with E-state index < -0.39 is 0 Å². The van der Waals surface area contributed by atoms with Crippen LogP contribution >= 0.6 is 11.6 Å². The van der Waals surface area contributed by atoms with Gasteiger partial charge in [0.15, 0.2) is 0 Å². The minimum Gasteiger partial charge on any atom is -0.347 e. The molecule has 0 fully saturated rings. The number of hydrazone groups is 1. The number of amides is 2. The van der Waals surface area contributed by atoms with Crippen LogP contribution in [0.4, 0.5) is 0 Å². The molecule has 1 aromatic rings. The van der Waals surface area contributed by atoms with Gasteiger partial charge in [0, 0.05) is 11.4 Å². The molecule has 0 heterocycles. The summed E-state index contributed by atoms with van der Waals surface area (Å²) in [4.78, 5) is 23.5. The molecule has 0 aliphatic carbocycles. The third-order valence-electron chi connectivity index (χ3n) is 4.73. The van der Waals surface area contributed by atoms with Crippen LogP contribution in [0.5, 0.6) is 0 Å². The van der Waals surface area contributed by atoms with Gasteiger partial charge in [-0.2, -0.15) is 5.10 Å². The quantitative estimate of drug-likeness (QED) is 0.207. The van der Waals surface area contributed by atoms with Gasteiger partial charge in [-0.25, -0.2) is 5.43 Å². The molecular formula is C23H36ClN3O2. The van der Waals surface area contributed by atoms with E-state index in [4.69, 9.17) is 11.6 Å². The van der Waals surface area contributed by atoms with Crippen molar-refractivity contribution in [3.8, 4) is 0 Å². The summed E-state index contributed by atoms with van der Waals surface area (Å²) in [5, 5.41) is 7.14. The molecular weight excluding hydrogens is 386 g/mol. The van der Waals surface area contributed by atoms with Crippen molar-refractivity contribution in [2.75, 3.05) is 6.54 Å². The van der Waals surface area contributed by atoms with E-state index in [-0.39, 0.29) is 18.4 Å². The fourth-order valence-corrected chi connectivity index (χ4v) is 3.11. The highest BCUT2D eigenvalue weighted by atomic mass is 35.5. The third-order valence-corrected chi connectivity index (χ3v) is 4.98. The molecule has 0 spiro atoms. The summed E-state index contributed by atoms with van der Waals surface area (Å²) < 4.78 is 0. The zero-order chi connectivity index (χ0) is 21.2. The van der Waals surface area contributed by atoms with Gasteiger partial charge in [-0.1, -0.05) is 94.9 Å². The van der Waals surface area contributed by atoms with E-state index in [1.54, 1.807) is 24.3 Å². The van der Waals surface area contributed by atoms with E-state index in [0.717, 1.165) is 18.4 Å². The lowest BCUT2D eigenvalue weighted by molar-refractivity contribution is -0.126. The second-order valence-corrected chi connectivity index (χ2v) is 7.84. The number of carbonyl (C=O) groups is 2. The summed E-state index contributed by atoms with van der Waals surface area (Å²) in [6.45, 7) is 2.18. The molecule has 1 aromatic carbocycles. The van der Waals surface area contributed by atoms with Gasteiger partial charge in [0.25, 0.3) is 5.91 Å². The zero-order valence-electron chi connectivity index (χ0n) is 17.7. The van der Waals surface area contributed by atoms with Gasteiger partial charge >= 0.3 is 0 Å². The summed E-state index contributed by atoms with van der Waals surface area (Å²) in [7, 11) is 0. The summed E-state index contributed by atoms with van der Waals surface area (Å²) >= 11 is 5.81. The number of nitrogens with one attached hydrogen (secondary N) is 2. The molecule has 0 saturated heterocycles. The molecule has 2 amide bonds. The molecule has 1 rings (SSSR count). The van der Waals surface area contributed by atoms with Crippen molar-refractivity contribution < 1.29 is 9.59 Å². The summed E-state index contributed by atoms with van der Waals surface area (Å²) in [6.07, 6.45) is 15.8. The van der Waals surface area contributed by atoms with Crippen molar-refractivity contribution in [3.63, 3.8) is 0 Å². The van der Waals surface area contributed by atoms with Crippen molar-refractivity contribution in [2.24, 2.45) is 5.10 Å². The van der Waals surface area contributed by atoms with Crippen molar-refractivity contribution in [2.45, 2.75) is 84.0 Å². The van der Waals surface area contributed by atoms with Crippen LogP contribution in [0.1, 0.15) is 89.5 Å². The Bertz CT molecular complexity index is 603. The Balaban J connectivity index is 1.95. The number of nitrogens with zero attached hydrogens (tertiary/aromatic N) is 1. The van der Waals surface area contributed by atoms with Gasteiger partial charge in [-0.15, -0.1) is 0 Å². The minimum absolute atomic E-state index is 0.0607. The number of unbranched alkanes of at least 4 members (excludes halogenated alkanes) is 10.